The van der Waals surface area contributed by atoms with Crippen LogP contribution in [-0.2, 0) is 6.54 Å². The molecule has 17 heavy (non-hydrogen) atoms. The fraction of sp³-hybridized carbons (Fsp3) is 0.250. The molecular weight excluding hydrogens is 236 g/mol. The van der Waals surface area contributed by atoms with Crippen molar-refractivity contribution >= 4 is 16.5 Å². The van der Waals surface area contributed by atoms with Crippen molar-refractivity contribution < 1.29 is 9.47 Å². The van der Waals surface area contributed by atoms with E-state index in [4.69, 9.17) is 9.47 Å². The second-order valence-corrected chi connectivity index (χ2v) is 4.24. The highest BCUT2D eigenvalue weighted by Crippen LogP contribution is 2.31. The third kappa shape index (κ3) is 2.68. The molecule has 0 unspecified atom stereocenters. The average Bonchev–Trinajstić information content (AvgIpc) is 2.88. The summed E-state index contributed by atoms with van der Waals surface area (Å²) in [6, 6.07) is 5.83. The van der Waals surface area contributed by atoms with E-state index < -0.39 is 0 Å². The van der Waals surface area contributed by atoms with Crippen molar-refractivity contribution in [1.29, 1.82) is 0 Å². The molecule has 0 aliphatic heterocycles. The molecule has 0 saturated heterocycles. The SMILES string of the molecule is COc1cccc(CNc2nccs2)c1OC. The predicted molar refractivity (Wildman–Crippen MR) is 69.0 cm³/mol. The van der Waals surface area contributed by atoms with Gasteiger partial charge in [0.2, 0.25) is 0 Å². The lowest BCUT2D eigenvalue weighted by molar-refractivity contribution is 0.352. The van der Waals surface area contributed by atoms with Gasteiger partial charge in [0.25, 0.3) is 0 Å². The number of ether oxygens (including phenoxy) is 2. The minimum atomic E-state index is 0.661. The second-order valence-electron chi connectivity index (χ2n) is 3.34. The van der Waals surface area contributed by atoms with Crippen LogP contribution in [0.15, 0.2) is 29.8 Å². The molecule has 0 aliphatic rings. The summed E-state index contributed by atoms with van der Waals surface area (Å²) in [5.41, 5.74) is 1.04. The molecule has 1 aromatic carbocycles. The highest BCUT2D eigenvalue weighted by atomic mass is 32.1. The molecule has 0 spiro atoms. The van der Waals surface area contributed by atoms with Gasteiger partial charge < -0.3 is 14.8 Å². The van der Waals surface area contributed by atoms with E-state index in [2.05, 4.69) is 10.3 Å². The molecule has 0 atom stereocenters. The van der Waals surface area contributed by atoms with E-state index in [1.165, 1.54) is 0 Å². The maximum atomic E-state index is 5.36. The molecule has 0 saturated carbocycles. The zero-order chi connectivity index (χ0) is 12.1. The number of nitrogens with zero attached hydrogens (tertiary/aromatic N) is 1. The standard InChI is InChI=1S/C12H14N2O2S/c1-15-10-5-3-4-9(11(10)16-2)8-14-12-13-6-7-17-12/h3-7H,8H2,1-2H3,(H,13,14). The number of rotatable bonds is 5. The number of thiazole rings is 1. The topological polar surface area (TPSA) is 43.4 Å². The summed E-state index contributed by atoms with van der Waals surface area (Å²) in [6.45, 7) is 0.661. The van der Waals surface area contributed by atoms with Crippen molar-refractivity contribution in [2.75, 3.05) is 19.5 Å². The first kappa shape index (κ1) is 11.7. The highest BCUT2D eigenvalue weighted by Gasteiger charge is 2.09. The summed E-state index contributed by atoms with van der Waals surface area (Å²) in [4.78, 5) is 4.16. The number of nitrogens with one attached hydrogen (secondary N) is 1. The maximum Gasteiger partial charge on any atom is 0.182 e. The van der Waals surface area contributed by atoms with Crippen molar-refractivity contribution in [3.63, 3.8) is 0 Å². The molecule has 1 heterocycles. The van der Waals surface area contributed by atoms with Crippen LogP contribution in [-0.4, -0.2) is 19.2 Å². The number of benzene rings is 1. The Kier molecular flexibility index (Phi) is 3.82. The van der Waals surface area contributed by atoms with E-state index in [0.717, 1.165) is 22.2 Å². The summed E-state index contributed by atoms with van der Waals surface area (Å²) >= 11 is 1.57. The molecule has 2 aromatic rings. The number of para-hydroxylation sites is 1. The van der Waals surface area contributed by atoms with E-state index in [1.54, 1.807) is 31.8 Å². The fourth-order valence-electron chi connectivity index (χ4n) is 1.57. The molecule has 0 aliphatic carbocycles. The Hall–Kier alpha value is -1.75. The number of methoxy groups -OCH3 is 2. The van der Waals surface area contributed by atoms with Gasteiger partial charge in [-0.15, -0.1) is 11.3 Å². The van der Waals surface area contributed by atoms with Crippen LogP contribution in [0.25, 0.3) is 0 Å². The monoisotopic (exact) mass is 250 g/mol. The lowest BCUT2D eigenvalue weighted by Crippen LogP contribution is -2.02. The van der Waals surface area contributed by atoms with Gasteiger partial charge in [0.1, 0.15) is 0 Å². The minimum Gasteiger partial charge on any atom is -0.493 e. The third-order valence-corrected chi connectivity index (χ3v) is 3.08. The molecule has 0 amide bonds. The Bertz CT molecular complexity index is 471. The van der Waals surface area contributed by atoms with Crippen LogP contribution in [0.1, 0.15) is 5.56 Å². The van der Waals surface area contributed by atoms with Crippen molar-refractivity contribution in [2.24, 2.45) is 0 Å². The summed E-state index contributed by atoms with van der Waals surface area (Å²) < 4.78 is 10.6. The molecule has 4 nitrogen and oxygen atoms in total. The minimum absolute atomic E-state index is 0.661. The molecule has 2 rings (SSSR count). The van der Waals surface area contributed by atoms with Gasteiger partial charge in [0.05, 0.1) is 14.2 Å². The van der Waals surface area contributed by atoms with Crippen molar-refractivity contribution in [2.45, 2.75) is 6.54 Å². The highest BCUT2D eigenvalue weighted by molar-refractivity contribution is 7.13. The summed E-state index contributed by atoms with van der Waals surface area (Å²) in [5, 5.41) is 6.07. The first-order valence-corrected chi connectivity index (χ1v) is 6.06. The van der Waals surface area contributed by atoms with Crippen molar-refractivity contribution in [3.8, 4) is 11.5 Å². The van der Waals surface area contributed by atoms with Crippen LogP contribution in [0.2, 0.25) is 0 Å². The molecule has 5 heteroatoms. The maximum absolute atomic E-state index is 5.36. The number of hydrogen-bond acceptors (Lipinski definition) is 5. The molecule has 0 radical (unpaired) electrons. The van der Waals surface area contributed by atoms with Gasteiger partial charge >= 0.3 is 0 Å². The number of hydrogen-bond donors (Lipinski definition) is 1. The molecule has 1 aromatic heterocycles. The Morgan fingerprint density at radius 3 is 2.82 bits per heavy atom. The summed E-state index contributed by atoms with van der Waals surface area (Å²) in [5.74, 6) is 1.50. The van der Waals surface area contributed by atoms with Gasteiger partial charge in [-0.1, -0.05) is 12.1 Å². The van der Waals surface area contributed by atoms with E-state index in [-0.39, 0.29) is 0 Å². The quantitative estimate of drug-likeness (QED) is 0.886. The van der Waals surface area contributed by atoms with Crippen LogP contribution in [0.4, 0.5) is 5.13 Å². The van der Waals surface area contributed by atoms with Gasteiger partial charge in [-0.05, 0) is 6.07 Å². The van der Waals surface area contributed by atoms with Gasteiger partial charge in [-0.2, -0.15) is 0 Å². The normalized spacial score (nSPS) is 10.0. The van der Waals surface area contributed by atoms with Gasteiger partial charge in [0, 0.05) is 23.7 Å². The van der Waals surface area contributed by atoms with Gasteiger partial charge in [-0.3, -0.25) is 0 Å². The van der Waals surface area contributed by atoms with Crippen LogP contribution >= 0.6 is 11.3 Å². The van der Waals surface area contributed by atoms with E-state index >= 15 is 0 Å². The third-order valence-electron chi connectivity index (χ3n) is 2.35. The Morgan fingerprint density at radius 1 is 1.29 bits per heavy atom. The molecule has 0 fully saturated rings. The zero-order valence-electron chi connectivity index (χ0n) is 9.77. The van der Waals surface area contributed by atoms with Crippen molar-refractivity contribution in [3.05, 3.63) is 35.3 Å². The molecular formula is C12H14N2O2S. The van der Waals surface area contributed by atoms with E-state index in [1.807, 2.05) is 23.6 Å². The molecule has 90 valence electrons. The largest absolute Gasteiger partial charge is 0.493 e. The first-order valence-electron chi connectivity index (χ1n) is 5.18. The first-order chi connectivity index (χ1) is 8.35. The van der Waals surface area contributed by atoms with Gasteiger partial charge in [-0.25, -0.2) is 4.98 Å². The smallest absolute Gasteiger partial charge is 0.182 e. The van der Waals surface area contributed by atoms with Crippen molar-refractivity contribution in [1.82, 2.24) is 4.98 Å². The number of anilines is 1. The fourth-order valence-corrected chi connectivity index (χ4v) is 2.10. The second kappa shape index (κ2) is 5.54. The summed E-state index contributed by atoms with van der Waals surface area (Å²) in [7, 11) is 3.28. The Morgan fingerprint density at radius 2 is 2.18 bits per heavy atom. The summed E-state index contributed by atoms with van der Waals surface area (Å²) in [6.07, 6.45) is 1.77. The van der Waals surface area contributed by atoms with E-state index in [0.29, 0.717) is 6.54 Å². The molecule has 0 bridgehead atoms. The van der Waals surface area contributed by atoms with Crippen LogP contribution in [0, 0.1) is 0 Å². The van der Waals surface area contributed by atoms with Crippen LogP contribution in [0.3, 0.4) is 0 Å². The lowest BCUT2D eigenvalue weighted by atomic mass is 10.2. The molecule has 1 N–H and O–H groups in total. The average molecular weight is 250 g/mol. The Balaban J connectivity index is 2.14. The zero-order valence-corrected chi connectivity index (χ0v) is 10.6. The number of aromatic nitrogens is 1. The van der Waals surface area contributed by atoms with Crippen LogP contribution < -0.4 is 14.8 Å². The lowest BCUT2D eigenvalue weighted by Gasteiger charge is -2.12. The Labute approximate surface area is 104 Å². The van der Waals surface area contributed by atoms with E-state index in [9.17, 15) is 0 Å². The van der Waals surface area contributed by atoms with Crippen LogP contribution in [0.5, 0.6) is 11.5 Å². The predicted octanol–water partition coefficient (Wildman–Crippen LogP) is 2.77. The van der Waals surface area contributed by atoms with Gasteiger partial charge in [0.15, 0.2) is 16.6 Å².